The van der Waals surface area contributed by atoms with Gasteiger partial charge in [-0.2, -0.15) is 0 Å². The number of furan rings is 1. The summed E-state index contributed by atoms with van der Waals surface area (Å²) >= 11 is 0. The van der Waals surface area contributed by atoms with E-state index in [1.807, 2.05) is 0 Å². The van der Waals surface area contributed by atoms with Crippen LogP contribution in [0.15, 0.2) is 47.1 Å². The third kappa shape index (κ3) is 5.00. The topological polar surface area (TPSA) is 100 Å². The Bertz CT molecular complexity index is 826. The normalized spacial score (nSPS) is 15.5. The summed E-state index contributed by atoms with van der Waals surface area (Å²) in [6.07, 6.45) is 6.81. The molecule has 1 aliphatic rings. The number of carbonyl (C=O) groups is 3. The largest absolute Gasteiger partial charge is 0.459 e. The van der Waals surface area contributed by atoms with Crippen LogP contribution in [0.1, 0.15) is 59.9 Å². The van der Waals surface area contributed by atoms with Gasteiger partial charge in [0.15, 0.2) is 5.76 Å². The highest BCUT2D eigenvalue weighted by atomic mass is 16.3. The predicted octanol–water partition coefficient (Wildman–Crippen LogP) is 3.10. The minimum absolute atomic E-state index is 0.149. The van der Waals surface area contributed by atoms with Crippen LogP contribution in [0.2, 0.25) is 0 Å². The molecule has 0 aliphatic heterocycles. The van der Waals surface area contributed by atoms with Crippen molar-refractivity contribution in [2.24, 2.45) is 0 Å². The van der Waals surface area contributed by atoms with E-state index >= 15 is 0 Å². The summed E-state index contributed by atoms with van der Waals surface area (Å²) in [6.45, 7) is 1.65. The molecule has 1 saturated carbocycles. The zero-order valence-corrected chi connectivity index (χ0v) is 15.9. The lowest BCUT2D eigenvalue weighted by Gasteiger charge is -2.24. The number of anilines is 1. The van der Waals surface area contributed by atoms with E-state index in [1.165, 1.54) is 18.8 Å². The third-order valence-corrected chi connectivity index (χ3v) is 4.86. The molecule has 3 amide bonds. The molecule has 3 rings (SSSR count). The molecular weight excluding hydrogens is 358 g/mol. The summed E-state index contributed by atoms with van der Waals surface area (Å²) in [7, 11) is 0. The first-order valence-corrected chi connectivity index (χ1v) is 9.59. The highest BCUT2D eigenvalue weighted by Crippen LogP contribution is 2.18. The van der Waals surface area contributed by atoms with Crippen molar-refractivity contribution >= 4 is 23.4 Å². The smallest absolute Gasteiger partial charge is 0.291 e. The van der Waals surface area contributed by atoms with Gasteiger partial charge in [0.2, 0.25) is 5.91 Å². The number of hydrogen-bond acceptors (Lipinski definition) is 4. The van der Waals surface area contributed by atoms with E-state index in [4.69, 9.17) is 4.42 Å². The SMILES string of the molecule is C[C@H](NC(=O)c1ccccc1NC(=O)c1ccco1)C(=O)NC1CCCCC1. The fourth-order valence-corrected chi connectivity index (χ4v) is 3.29. The lowest BCUT2D eigenvalue weighted by molar-refractivity contribution is -0.123. The zero-order chi connectivity index (χ0) is 19.9. The number of amides is 3. The summed E-state index contributed by atoms with van der Waals surface area (Å²) in [5.74, 6) is -0.928. The number of hydrogen-bond donors (Lipinski definition) is 3. The predicted molar refractivity (Wildman–Crippen MR) is 105 cm³/mol. The van der Waals surface area contributed by atoms with Crippen molar-refractivity contribution in [3.05, 3.63) is 54.0 Å². The number of carbonyl (C=O) groups excluding carboxylic acids is 3. The second-order valence-corrected chi connectivity index (χ2v) is 7.02. The van der Waals surface area contributed by atoms with Gasteiger partial charge in [-0.3, -0.25) is 14.4 Å². The first-order chi connectivity index (χ1) is 13.5. The van der Waals surface area contributed by atoms with Crippen LogP contribution in [-0.4, -0.2) is 29.8 Å². The highest BCUT2D eigenvalue weighted by molar-refractivity contribution is 6.08. The van der Waals surface area contributed by atoms with Crippen molar-refractivity contribution in [2.75, 3.05) is 5.32 Å². The molecule has 1 aromatic heterocycles. The van der Waals surface area contributed by atoms with Crippen molar-refractivity contribution in [3.8, 4) is 0 Å². The van der Waals surface area contributed by atoms with Gasteiger partial charge in [0.1, 0.15) is 6.04 Å². The maximum atomic E-state index is 12.7. The summed E-state index contributed by atoms with van der Waals surface area (Å²) in [5, 5.41) is 8.38. The number of benzene rings is 1. The lowest BCUT2D eigenvalue weighted by Crippen LogP contribution is -2.48. The number of rotatable bonds is 6. The molecule has 1 fully saturated rings. The zero-order valence-electron chi connectivity index (χ0n) is 15.9. The quantitative estimate of drug-likeness (QED) is 0.713. The third-order valence-electron chi connectivity index (χ3n) is 4.86. The first kappa shape index (κ1) is 19.7. The summed E-state index contributed by atoms with van der Waals surface area (Å²) in [5.41, 5.74) is 0.626. The number of para-hydroxylation sites is 1. The van der Waals surface area contributed by atoms with Crippen LogP contribution < -0.4 is 16.0 Å². The standard InChI is InChI=1S/C21H25N3O4/c1-14(19(25)23-15-8-3-2-4-9-15)22-20(26)16-10-5-6-11-17(16)24-21(27)18-12-7-13-28-18/h5-7,10-15H,2-4,8-9H2,1H3,(H,22,26)(H,23,25)(H,24,27)/t14-/m0/s1. The molecule has 28 heavy (non-hydrogen) atoms. The van der Waals surface area contributed by atoms with Crippen molar-refractivity contribution in [1.82, 2.24) is 10.6 Å². The van der Waals surface area contributed by atoms with E-state index in [2.05, 4.69) is 16.0 Å². The Kier molecular flexibility index (Phi) is 6.47. The fraction of sp³-hybridized carbons (Fsp3) is 0.381. The molecule has 1 aromatic carbocycles. The Morgan fingerprint density at radius 3 is 2.46 bits per heavy atom. The van der Waals surface area contributed by atoms with Gasteiger partial charge in [-0.05, 0) is 44.0 Å². The molecule has 1 heterocycles. The fourth-order valence-electron chi connectivity index (χ4n) is 3.29. The molecule has 148 valence electrons. The second-order valence-electron chi connectivity index (χ2n) is 7.02. The Morgan fingerprint density at radius 1 is 1.00 bits per heavy atom. The summed E-state index contributed by atoms with van der Waals surface area (Å²) < 4.78 is 5.07. The Labute approximate surface area is 163 Å². The Balaban J connectivity index is 1.62. The van der Waals surface area contributed by atoms with Gasteiger partial charge in [0.25, 0.3) is 11.8 Å². The number of nitrogens with one attached hydrogen (secondary N) is 3. The summed E-state index contributed by atoms with van der Waals surface area (Å²) in [6, 6.07) is 9.29. The second kappa shape index (κ2) is 9.21. The highest BCUT2D eigenvalue weighted by Gasteiger charge is 2.22. The molecule has 0 radical (unpaired) electrons. The van der Waals surface area contributed by atoms with Crippen LogP contribution in [0.3, 0.4) is 0 Å². The maximum absolute atomic E-state index is 12.7. The lowest BCUT2D eigenvalue weighted by atomic mass is 9.95. The van der Waals surface area contributed by atoms with Gasteiger partial charge in [0.05, 0.1) is 17.5 Å². The van der Waals surface area contributed by atoms with Crippen molar-refractivity contribution in [2.45, 2.75) is 51.1 Å². The van der Waals surface area contributed by atoms with Gasteiger partial charge in [-0.15, -0.1) is 0 Å². The molecule has 2 aromatic rings. The average Bonchev–Trinajstić information content (AvgIpc) is 3.24. The monoisotopic (exact) mass is 383 g/mol. The molecule has 0 bridgehead atoms. The van der Waals surface area contributed by atoms with Gasteiger partial charge in [0, 0.05) is 6.04 Å². The molecule has 0 saturated heterocycles. The van der Waals surface area contributed by atoms with Gasteiger partial charge < -0.3 is 20.4 Å². The van der Waals surface area contributed by atoms with Gasteiger partial charge >= 0.3 is 0 Å². The molecule has 0 unspecified atom stereocenters. The van der Waals surface area contributed by atoms with E-state index in [0.29, 0.717) is 5.69 Å². The van der Waals surface area contributed by atoms with E-state index in [1.54, 1.807) is 37.3 Å². The van der Waals surface area contributed by atoms with Crippen LogP contribution in [0.5, 0.6) is 0 Å². The maximum Gasteiger partial charge on any atom is 0.291 e. The van der Waals surface area contributed by atoms with E-state index in [0.717, 1.165) is 25.7 Å². The van der Waals surface area contributed by atoms with Crippen LogP contribution in [0.25, 0.3) is 0 Å². The van der Waals surface area contributed by atoms with Crippen LogP contribution in [0.4, 0.5) is 5.69 Å². The Hall–Kier alpha value is -3.09. The molecule has 1 aliphatic carbocycles. The first-order valence-electron chi connectivity index (χ1n) is 9.59. The minimum Gasteiger partial charge on any atom is -0.459 e. The van der Waals surface area contributed by atoms with Crippen LogP contribution in [-0.2, 0) is 4.79 Å². The van der Waals surface area contributed by atoms with E-state index in [9.17, 15) is 14.4 Å². The van der Waals surface area contributed by atoms with Crippen molar-refractivity contribution in [1.29, 1.82) is 0 Å². The molecule has 7 nitrogen and oxygen atoms in total. The van der Waals surface area contributed by atoms with Crippen molar-refractivity contribution in [3.63, 3.8) is 0 Å². The van der Waals surface area contributed by atoms with Crippen LogP contribution >= 0.6 is 0 Å². The minimum atomic E-state index is -0.678. The van der Waals surface area contributed by atoms with Crippen LogP contribution in [0, 0.1) is 0 Å². The molecule has 7 heteroatoms. The van der Waals surface area contributed by atoms with E-state index < -0.39 is 17.9 Å². The van der Waals surface area contributed by atoms with Gasteiger partial charge in [-0.1, -0.05) is 31.4 Å². The molecule has 0 spiro atoms. The van der Waals surface area contributed by atoms with E-state index in [-0.39, 0.29) is 23.3 Å². The summed E-state index contributed by atoms with van der Waals surface area (Å²) in [4.78, 5) is 37.3. The van der Waals surface area contributed by atoms with Gasteiger partial charge in [-0.25, -0.2) is 0 Å². The molecular formula is C21H25N3O4. The van der Waals surface area contributed by atoms with Crippen molar-refractivity contribution < 1.29 is 18.8 Å². The molecule has 1 atom stereocenters. The average molecular weight is 383 g/mol. The molecule has 3 N–H and O–H groups in total. The Morgan fingerprint density at radius 2 is 1.75 bits per heavy atom.